The van der Waals surface area contributed by atoms with Crippen molar-refractivity contribution in [3.8, 4) is 0 Å². The van der Waals surface area contributed by atoms with Crippen LogP contribution < -0.4 is 5.73 Å². The fourth-order valence-corrected chi connectivity index (χ4v) is 1.84. The molecule has 3 unspecified atom stereocenters. The fourth-order valence-electron chi connectivity index (χ4n) is 1.84. The predicted octanol–water partition coefficient (Wildman–Crippen LogP) is 1.10. The maximum Gasteiger partial charge on any atom is 0.118 e. The minimum Gasteiger partial charge on any atom is -0.381 e. The molecule has 0 aromatic carbocycles. The number of methoxy groups -OCH3 is 1. The van der Waals surface area contributed by atoms with Gasteiger partial charge in [0.05, 0.1) is 6.10 Å². The van der Waals surface area contributed by atoms with E-state index in [4.69, 9.17) is 10.5 Å². The molecular formula is C8H16FNO. The van der Waals surface area contributed by atoms with Crippen molar-refractivity contribution in [2.45, 2.75) is 31.5 Å². The zero-order valence-electron chi connectivity index (χ0n) is 6.92. The molecule has 2 N–H and O–H groups in total. The average molecular weight is 161 g/mol. The molecule has 0 heterocycles. The Balaban J connectivity index is 2.42. The summed E-state index contributed by atoms with van der Waals surface area (Å²) < 4.78 is 18.2. The van der Waals surface area contributed by atoms with E-state index in [-0.39, 0.29) is 18.6 Å². The van der Waals surface area contributed by atoms with Crippen LogP contribution in [-0.2, 0) is 4.74 Å². The molecule has 66 valence electrons. The van der Waals surface area contributed by atoms with Gasteiger partial charge in [0.1, 0.15) is 6.17 Å². The maximum absolute atomic E-state index is 13.1. The molecule has 0 spiro atoms. The molecule has 1 saturated carbocycles. The van der Waals surface area contributed by atoms with Crippen LogP contribution in [0.3, 0.4) is 0 Å². The van der Waals surface area contributed by atoms with Gasteiger partial charge in [-0.25, -0.2) is 4.39 Å². The van der Waals surface area contributed by atoms with Crippen LogP contribution in [0, 0.1) is 5.92 Å². The van der Waals surface area contributed by atoms with Crippen LogP contribution in [0.4, 0.5) is 4.39 Å². The molecule has 1 aliphatic rings. The standard InChI is InChI=1S/C8H16FNO/c1-11-8-4-2-3-6(8)7(9)5-10/h6-8H,2-5,10H2,1H3. The highest BCUT2D eigenvalue weighted by Crippen LogP contribution is 2.31. The number of halogens is 1. The molecule has 11 heavy (non-hydrogen) atoms. The Bertz CT molecular complexity index is 121. The van der Waals surface area contributed by atoms with Crippen LogP contribution in [-0.4, -0.2) is 25.9 Å². The Kier molecular flexibility index (Phi) is 3.27. The van der Waals surface area contributed by atoms with Crippen LogP contribution in [0.25, 0.3) is 0 Å². The smallest absolute Gasteiger partial charge is 0.118 e. The SMILES string of the molecule is COC1CCCC1C(F)CN. The summed E-state index contributed by atoms with van der Waals surface area (Å²) in [5.41, 5.74) is 5.24. The topological polar surface area (TPSA) is 35.2 Å². The molecule has 1 aliphatic carbocycles. The van der Waals surface area contributed by atoms with E-state index in [1.807, 2.05) is 0 Å². The lowest BCUT2D eigenvalue weighted by atomic mass is 10.00. The highest BCUT2D eigenvalue weighted by molar-refractivity contribution is 4.83. The van der Waals surface area contributed by atoms with E-state index in [0.717, 1.165) is 19.3 Å². The van der Waals surface area contributed by atoms with E-state index in [0.29, 0.717) is 0 Å². The van der Waals surface area contributed by atoms with Gasteiger partial charge in [0.15, 0.2) is 0 Å². The van der Waals surface area contributed by atoms with Gasteiger partial charge in [0.2, 0.25) is 0 Å². The van der Waals surface area contributed by atoms with Gasteiger partial charge < -0.3 is 10.5 Å². The molecule has 1 fully saturated rings. The molecule has 1 rings (SSSR count). The first-order chi connectivity index (χ1) is 5.29. The second kappa shape index (κ2) is 4.02. The summed E-state index contributed by atoms with van der Waals surface area (Å²) in [5.74, 6) is 0.0463. The lowest BCUT2D eigenvalue weighted by Gasteiger charge is -2.20. The fraction of sp³-hybridized carbons (Fsp3) is 1.00. The molecule has 0 aliphatic heterocycles. The molecule has 0 aromatic heterocycles. The minimum atomic E-state index is -0.873. The van der Waals surface area contributed by atoms with Gasteiger partial charge >= 0.3 is 0 Å². The van der Waals surface area contributed by atoms with E-state index in [1.165, 1.54) is 0 Å². The lowest BCUT2D eigenvalue weighted by molar-refractivity contribution is 0.0384. The normalized spacial score (nSPS) is 34.1. The molecule has 0 saturated heterocycles. The van der Waals surface area contributed by atoms with Gasteiger partial charge in [-0.05, 0) is 12.8 Å². The molecular weight excluding hydrogens is 145 g/mol. The van der Waals surface area contributed by atoms with Crippen molar-refractivity contribution in [2.75, 3.05) is 13.7 Å². The Labute approximate surface area is 66.9 Å². The Morgan fingerprint density at radius 1 is 1.64 bits per heavy atom. The summed E-state index contributed by atoms with van der Waals surface area (Å²) in [4.78, 5) is 0. The third-order valence-corrected chi connectivity index (χ3v) is 2.50. The van der Waals surface area contributed by atoms with Crippen LogP contribution in [0.5, 0.6) is 0 Å². The third-order valence-electron chi connectivity index (χ3n) is 2.50. The summed E-state index contributed by atoms with van der Waals surface area (Å²) >= 11 is 0. The first kappa shape index (κ1) is 8.94. The number of hydrogen-bond acceptors (Lipinski definition) is 2. The number of ether oxygens (including phenoxy) is 1. The number of rotatable bonds is 3. The monoisotopic (exact) mass is 161 g/mol. The van der Waals surface area contributed by atoms with Crippen molar-refractivity contribution in [2.24, 2.45) is 11.7 Å². The van der Waals surface area contributed by atoms with E-state index < -0.39 is 6.17 Å². The van der Waals surface area contributed by atoms with Gasteiger partial charge in [0.25, 0.3) is 0 Å². The lowest BCUT2D eigenvalue weighted by Crippen LogP contribution is -2.31. The van der Waals surface area contributed by atoms with Crippen LogP contribution >= 0.6 is 0 Å². The minimum absolute atomic E-state index is 0.0463. The molecule has 3 heteroatoms. The number of hydrogen-bond donors (Lipinski definition) is 1. The highest BCUT2D eigenvalue weighted by Gasteiger charge is 2.32. The van der Waals surface area contributed by atoms with Crippen LogP contribution in [0.2, 0.25) is 0 Å². The zero-order chi connectivity index (χ0) is 8.27. The van der Waals surface area contributed by atoms with E-state index >= 15 is 0 Å². The maximum atomic E-state index is 13.1. The first-order valence-corrected chi connectivity index (χ1v) is 4.16. The van der Waals surface area contributed by atoms with Crippen molar-refractivity contribution in [1.29, 1.82) is 0 Å². The van der Waals surface area contributed by atoms with E-state index in [2.05, 4.69) is 0 Å². The predicted molar refractivity (Wildman–Crippen MR) is 42.1 cm³/mol. The second-order valence-electron chi connectivity index (χ2n) is 3.12. The average Bonchev–Trinajstić information content (AvgIpc) is 2.50. The summed E-state index contributed by atoms with van der Waals surface area (Å²) in [6, 6.07) is 0. The molecule has 3 atom stereocenters. The van der Waals surface area contributed by atoms with E-state index in [1.54, 1.807) is 7.11 Å². The van der Waals surface area contributed by atoms with Crippen molar-refractivity contribution < 1.29 is 9.13 Å². The Morgan fingerprint density at radius 3 is 2.91 bits per heavy atom. The summed E-state index contributed by atoms with van der Waals surface area (Å²) in [5, 5.41) is 0. The van der Waals surface area contributed by atoms with Crippen molar-refractivity contribution in [1.82, 2.24) is 0 Å². The second-order valence-corrected chi connectivity index (χ2v) is 3.12. The van der Waals surface area contributed by atoms with Crippen LogP contribution in [0.1, 0.15) is 19.3 Å². The molecule has 0 radical (unpaired) electrons. The third kappa shape index (κ3) is 1.91. The largest absolute Gasteiger partial charge is 0.381 e. The molecule has 2 nitrogen and oxygen atoms in total. The van der Waals surface area contributed by atoms with Crippen molar-refractivity contribution in [3.05, 3.63) is 0 Å². The first-order valence-electron chi connectivity index (χ1n) is 4.16. The quantitative estimate of drug-likeness (QED) is 0.672. The van der Waals surface area contributed by atoms with Gasteiger partial charge in [-0.1, -0.05) is 6.42 Å². The summed E-state index contributed by atoms with van der Waals surface area (Å²) in [7, 11) is 1.65. The zero-order valence-corrected chi connectivity index (χ0v) is 6.92. The summed E-state index contributed by atoms with van der Waals surface area (Å²) in [6.07, 6.45) is 2.22. The van der Waals surface area contributed by atoms with Crippen molar-refractivity contribution in [3.63, 3.8) is 0 Å². The Hall–Kier alpha value is -0.150. The van der Waals surface area contributed by atoms with Crippen molar-refractivity contribution >= 4 is 0 Å². The molecule has 0 amide bonds. The number of nitrogens with two attached hydrogens (primary N) is 1. The van der Waals surface area contributed by atoms with Gasteiger partial charge in [-0.15, -0.1) is 0 Å². The van der Waals surface area contributed by atoms with Gasteiger partial charge in [-0.3, -0.25) is 0 Å². The molecule has 0 aromatic rings. The van der Waals surface area contributed by atoms with E-state index in [9.17, 15) is 4.39 Å². The Morgan fingerprint density at radius 2 is 2.36 bits per heavy atom. The summed E-state index contributed by atoms with van der Waals surface area (Å²) in [6.45, 7) is 0.129. The number of alkyl halides is 1. The highest BCUT2D eigenvalue weighted by atomic mass is 19.1. The van der Waals surface area contributed by atoms with Gasteiger partial charge in [-0.2, -0.15) is 0 Å². The molecule has 0 bridgehead atoms. The van der Waals surface area contributed by atoms with Crippen LogP contribution in [0.15, 0.2) is 0 Å². The van der Waals surface area contributed by atoms with Gasteiger partial charge in [0, 0.05) is 19.6 Å².